The van der Waals surface area contributed by atoms with Gasteiger partial charge in [0, 0.05) is 17.8 Å². The van der Waals surface area contributed by atoms with Gasteiger partial charge >= 0.3 is 0 Å². The van der Waals surface area contributed by atoms with Crippen molar-refractivity contribution in [1.82, 2.24) is 4.98 Å². The minimum Gasteiger partial charge on any atom is -0.481 e. The molecular formula is C14H15ClN2O. The van der Waals surface area contributed by atoms with E-state index in [9.17, 15) is 0 Å². The lowest BCUT2D eigenvalue weighted by molar-refractivity contribution is 0.399. The summed E-state index contributed by atoms with van der Waals surface area (Å²) < 4.78 is 5.24. The largest absolute Gasteiger partial charge is 0.481 e. The van der Waals surface area contributed by atoms with Crippen molar-refractivity contribution in [3.8, 4) is 17.0 Å². The maximum Gasteiger partial charge on any atom is 0.221 e. The van der Waals surface area contributed by atoms with Gasteiger partial charge in [-0.1, -0.05) is 35.9 Å². The van der Waals surface area contributed by atoms with Crippen LogP contribution in [0, 0.1) is 0 Å². The Morgan fingerprint density at radius 1 is 1.28 bits per heavy atom. The number of hydrogen-bond donors (Lipinski definition) is 1. The normalized spacial score (nSPS) is 12.2. The molecule has 4 heteroatoms. The van der Waals surface area contributed by atoms with Crippen LogP contribution in [0.4, 0.5) is 0 Å². The van der Waals surface area contributed by atoms with E-state index in [0.717, 1.165) is 16.7 Å². The molecule has 0 amide bonds. The van der Waals surface area contributed by atoms with E-state index in [2.05, 4.69) is 4.98 Å². The summed E-state index contributed by atoms with van der Waals surface area (Å²) in [6.07, 6.45) is 1.57. The first-order chi connectivity index (χ1) is 8.61. The second-order valence-electron chi connectivity index (χ2n) is 4.12. The van der Waals surface area contributed by atoms with E-state index in [4.69, 9.17) is 22.1 Å². The van der Waals surface area contributed by atoms with Crippen LogP contribution in [0.3, 0.4) is 0 Å². The highest BCUT2D eigenvalue weighted by molar-refractivity contribution is 6.30. The third-order valence-corrected chi connectivity index (χ3v) is 2.97. The summed E-state index contributed by atoms with van der Waals surface area (Å²) >= 11 is 5.97. The number of pyridine rings is 1. The topological polar surface area (TPSA) is 48.1 Å². The maximum absolute atomic E-state index is 5.97. The third-order valence-electron chi connectivity index (χ3n) is 2.76. The minimum absolute atomic E-state index is 0.0263. The first kappa shape index (κ1) is 12.9. The van der Waals surface area contributed by atoms with Gasteiger partial charge in [0.05, 0.1) is 12.1 Å². The summed E-state index contributed by atoms with van der Waals surface area (Å²) in [5, 5.41) is 0.585. The number of rotatable bonds is 3. The average Bonchev–Trinajstić information content (AvgIpc) is 2.39. The summed E-state index contributed by atoms with van der Waals surface area (Å²) in [6, 6.07) is 9.86. The van der Waals surface area contributed by atoms with E-state index in [1.807, 2.05) is 37.3 Å². The molecule has 0 bridgehead atoms. The van der Waals surface area contributed by atoms with Crippen molar-refractivity contribution in [1.29, 1.82) is 0 Å². The van der Waals surface area contributed by atoms with E-state index < -0.39 is 0 Å². The monoisotopic (exact) mass is 262 g/mol. The Kier molecular flexibility index (Phi) is 3.84. The Labute approximate surface area is 112 Å². The molecule has 0 radical (unpaired) electrons. The summed E-state index contributed by atoms with van der Waals surface area (Å²) in [6.45, 7) is 1.95. The number of halogens is 1. The molecule has 18 heavy (non-hydrogen) atoms. The summed E-state index contributed by atoms with van der Waals surface area (Å²) in [5.41, 5.74) is 8.80. The van der Waals surface area contributed by atoms with Gasteiger partial charge in [-0.25, -0.2) is 4.98 Å². The number of aromatic nitrogens is 1. The standard InChI is InChI=1S/C14H15ClN2O/c1-9(16)10-3-5-11(6-4-10)13-7-12(15)8-17-14(13)18-2/h3-9H,16H2,1-2H3. The van der Waals surface area contributed by atoms with Gasteiger partial charge in [0.15, 0.2) is 0 Å². The molecule has 1 atom stereocenters. The Morgan fingerprint density at radius 2 is 1.94 bits per heavy atom. The summed E-state index contributed by atoms with van der Waals surface area (Å²) in [7, 11) is 1.59. The molecule has 1 unspecified atom stereocenters. The van der Waals surface area contributed by atoms with Crippen LogP contribution in [0.5, 0.6) is 5.88 Å². The third kappa shape index (κ3) is 2.63. The predicted octanol–water partition coefficient (Wildman–Crippen LogP) is 3.43. The first-order valence-electron chi connectivity index (χ1n) is 5.67. The van der Waals surface area contributed by atoms with E-state index in [0.29, 0.717) is 10.9 Å². The van der Waals surface area contributed by atoms with E-state index in [1.165, 1.54) is 0 Å². The number of nitrogens with two attached hydrogens (primary N) is 1. The molecule has 0 fully saturated rings. The van der Waals surface area contributed by atoms with Crippen molar-refractivity contribution in [2.24, 2.45) is 5.73 Å². The van der Waals surface area contributed by atoms with Gasteiger partial charge in [-0.15, -0.1) is 0 Å². The zero-order valence-corrected chi connectivity index (χ0v) is 11.1. The number of benzene rings is 1. The molecular weight excluding hydrogens is 248 g/mol. The van der Waals surface area contributed by atoms with E-state index in [-0.39, 0.29) is 6.04 Å². The van der Waals surface area contributed by atoms with Crippen molar-refractivity contribution in [2.75, 3.05) is 7.11 Å². The second kappa shape index (κ2) is 5.38. The Balaban J connectivity index is 2.44. The van der Waals surface area contributed by atoms with Crippen molar-refractivity contribution >= 4 is 11.6 Å². The quantitative estimate of drug-likeness (QED) is 0.922. The fourth-order valence-corrected chi connectivity index (χ4v) is 1.92. The van der Waals surface area contributed by atoms with E-state index in [1.54, 1.807) is 13.3 Å². The Hall–Kier alpha value is -1.58. The van der Waals surface area contributed by atoms with Gasteiger partial charge in [0.1, 0.15) is 0 Å². The molecule has 3 nitrogen and oxygen atoms in total. The van der Waals surface area contributed by atoms with Crippen LogP contribution in [0.25, 0.3) is 11.1 Å². The van der Waals surface area contributed by atoms with Crippen LogP contribution in [-0.4, -0.2) is 12.1 Å². The van der Waals surface area contributed by atoms with Crippen molar-refractivity contribution in [2.45, 2.75) is 13.0 Å². The number of ether oxygens (including phenoxy) is 1. The van der Waals surface area contributed by atoms with Crippen molar-refractivity contribution in [3.63, 3.8) is 0 Å². The molecule has 1 aromatic heterocycles. The lowest BCUT2D eigenvalue weighted by Crippen LogP contribution is -2.04. The zero-order chi connectivity index (χ0) is 13.1. The molecule has 2 rings (SSSR count). The Morgan fingerprint density at radius 3 is 2.50 bits per heavy atom. The number of nitrogens with zero attached hydrogens (tertiary/aromatic N) is 1. The molecule has 2 N–H and O–H groups in total. The fraction of sp³-hybridized carbons (Fsp3) is 0.214. The van der Waals surface area contributed by atoms with Crippen LogP contribution in [-0.2, 0) is 0 Å². The molecule has 0 aliphatic carbocycles. The molecule has 0 saturated carbocycles. The van der Waals surface area contributed by atoms with Gasteiger partial charge in [-0.3, -0.25) is 0 Å². The zero-order valence-electron chi connectivity index (χ0n) is 10.4. The summed E-state index contributed by atoms with van der Waals surface area (Å²) in [4.78, 5) is 4.15. The smallest absolute Gasteiger partial charge is 0.221 e. The van der Waals surface area contributed by atoms with Crippen LogP contribution < -0.4 is 10.5 Å². The van der Waals surface area contributed by atoms with Crippen LogP contribution in [0.15, 0.2) is 36.5 Å². The SMILES string of the molecule is COc1ncc(Cl)cc1-c1ccc(C(C)N)cc1. The van der Waals surface area contributed by atoms with Gasteiger partial charge < -0.3 is 10.5 Å². The minimum atomic E-state index is 0.0263. The molecule has 1 heterocycles. The molecule has 0 aliphatic heterocycles. The van der Waals surface area contributed by atoms with Crippen LogP contribution in [0.1, 0.15) is 18.5 Å². The molecule has 2 aromatic rings. The molecule has 0 saturated heterocycles. The van der Waals surface area contributed by atoms with Gasteiger partial charge in [0.25, 0.3) is 0 Å². The van der Waals surface area contributed by atoms with E-state index >= 15 is 0 Å². The highest BCUT2D eigenvalue weighted by Crippen LogP contribution is 2.30. The molecule has 0 spiro atoms. The highest BCUT2D eigenvalue weighted by atomic mass is 35.5. The maximum atomic E-state index is 5.97. The first-order valence-corrected chi connectivity index (χ1v) is 6.05. The lowest BCUT2D eigenvalue weighted by Gasteiger charge is -2.10. The second-order valence-corrected chi connectivity index (χ2v) is 4.56. The molecule has 1 aromatic carbocycles. The van der Waals surface area contributed by atoms with Gasteiger partial charge in [0.2, 0.25) is 5.88 Å². The molecule has 0 aliphatic rings. The Bertz CT molecular complexity index is 538. The summed E-state index contributed by atoms with van der Waals surface area (Å²) in [5.74, 6) is 0.563. The fourth-order valence-electron chi connectivity index (χ4n) is 1.76. The van der Waals surface area contributed by atoms with Gasteiger partial charge in [-0.2, -0.15) is 0 Å². The van der Waals surface area contributed by atoms with Gasteiger partial charge in [-0.05, 0) is 24.1 Å². The van der Waals surface area contributed by atoms with Crippen LogP contribution >= 0.6 is 11.6 Å². The number of methoxy groups -OCH3 is 1. The lowest BCUT2D eigenvalue weighted by atomic mass is 10.0. The predicted molar refractivity (Wildman–Crippen MR) is 73.8 cm³/mol. The highest BCUT2D eigenvalue weighted by Gasteiger charge is 2.08. The van der Waals surface area contributed by atoms with Crippen molar-refractivity contribution in [3.05, 3.63) is 47.1 Å². The van der Waals surface area contributed by atoms with Crippen molar-refractivity contribution < 1.29 is 4.74 Å². The molecule has 94 valence electrons. The number of hydrogen-bond acceptors (Lipinski definition) is 3. The average molecular weight is 263 g/mol. The van der Waals surface area contributed by atoms with Crippen LogP contribution in [0.2, 0.25) is 5.02 Å².